The molecule has 0 atom stereocenters. The number of imide groups is 2. The highest BCUT2D eigenvalue weighted by molar-refractivity contribution is 6.39. The van der Waals surface area contributed by atoms with Crippen molar-refractivity contribution in [1.29, 1.82) is 5.26 Å². The van der Waals surface area contributed by atoms with Crippen LogP contribution in [0.5, 0.6) is 5.75 Å². The van der Waals surface area contributed by atoms with Gasteiger partial charge in [-0.1, -0.05) is 54.6 Å². The number of hydrogen-bond acceptors (Lipinski definition) is 5. The third kappa shape index (κ3) is 4.63. The molecular weight excluding hydrogens is 478 g/mol. The van der Waals surface area contributed by atoms with Gasteiger partial charge in [0.05, 0.1) is 17.3 Å². The molecule has 4 aromatic rings. The molecule has 7 nitrogen and oxygen atoms in total. The number of barbiturate groups is 1. The highest BCUT2D eigenvalue weighted by Crippen LogP contribution is 2.33. The van der Waals surface area contributed by atoms with Gasteiger partial charge in [0, 0.05) is 11.1 Å². The van der Waals surface area contributed by atoms with Gasteiger partial charge in [-0.2, -0.15) is 5.26 Å². The fourth-order valence-electron chi connectivity index (χ4n) is 4.58. The first-order valence-corrected chi connectivity index (χ1v) is 12.0. The number of carbonyl (C=O) groups excluding carboxylic acids is 3. The molecule has 1 N–H and O–H groups in total. The summed E-state index contributed by atoms with van der Waals surface area (Å²) in [5, 5.41) is 13.4. The summed E-state index contributed by atoms with van der Waals surface area (Å²) >= 11 is 0. The van der Waals surface area contributed by atoms with Gasteiger partial charge in [-0.15, -0.1) is 0 Å². The molecule has 0 aliphatic carbocycles. The summed E-state index contributed by atoms with van der Waals surface area (Å²) in [6, 6.07) is 25.0. The van der Waals surface area contributed by atoms with E-state index in [9.17, 15) is 19.6 Å². The summed E-state index contributed by atoms with van der Waals surface area (Å²) in [6.45, 7) is 3.86. The third-order valence-electron chi connectivity index (χ3n) is 6.31. The van der Waals surface area contributed by atoms with E-state index in [0.717, 1.165) is 26.8 Å². The molecule has 1 saturated heterocycles. The van der Waals surface area contributed by atoms with E-state index < -0.39 is 17.8 Å². The Morgan fingerprint density at radius 1 is 0.921 bits per heavy atom. The molecule has 0 aromatic heterocycles. The average Bonchev–Trinajstić information content (AvgIpc) is 2.89. The van der Waals surface area contributed by atoms with E-state index in [0.29, 0.717) is 28.1 Å². The minimum absolute atomic E-state index is 0.117. The van der Waals surface area contributed by atoms with Crippen LogP contribution in [-0.2, 0) is 16.2 Å². The van der Waals surface area contributed by atoms with Crippen molar-refractivity contribution in [2.45, 2.75) is 20.5 Å². The standard InChI is InChI=1S/C31H23N3O4/c1-19-13-20(2)15-24(14-19)34-30(36)27(29(35)33-31(34)37)16-26-25-10-6-5-7-21(25)11-12-28(26)38-18-23-9-4-3-8-22(23)17-32/h3-16H,18H2,1-2H3,(H,33,35,37)/b27-16+. The topological polar surface area (TPSA) is 99.5 Å². The van der Waals surface area contributed by atoms with Crippen molar-refractivity contribution >= 4 is 40.4 Å². The Bertz CT molecular complexity index is 1680. The molecule has 1 heterocycles. The van der Waals surface area contributed by atoms with E-state index in [1.807, 2.05) is 62.4 Å². The van der Waals surface area contributed by atoms with Crippen LogP contribution in [0.4, 0.5) is 10.5 Å². The maximum absolute atomic E-state index is 13.6. The summed E-state index contributed by atoms with van der Waals surface area (Å²) in [7, 11) is 0. The van der Waals surface area contributed by atoms with Gasteiger partial charge in [-0.25, -0.2) is 9.69 Å². The van der Waals surface area contributed by atoms with Crippen LogP contribution in [0.3, 0.4) is 0 Å². The number of rotatable bonds is 5. The molecule has 1 aliphatic rings. The van der Waals surface area contributed by atoms with Crippen LogP contribution in [0.25, 0.3) is 16.8 Å². The predicted octanol–water partition coefficient (Wildman–Crippen LogP) is 5.57. The van der Waals surface area contributed by atoms with Gasteiger partial charge in [0.1, 0.15) is 17.9 Å². The number of amides is 4. The zero-order chi connectivity index (χ0) is 26.8. The third-order valence-corrected chi connectivity index (χ3v) is 6.31. The molecule has 38 heavy (non-hydrogen) atoms. The predicted molar refractivity (Wildman–Crippen MR) is 144 cm³/mol. The van der Waals surface area contributed by atoms with Gasteiger partial charge >= 0.3 is 6.03 Å². The molecule has 7 heteroatoms. The summed E-state index contributed by atoms with van der Waals surface area (Å²) in [5.41, 5.74) is 3.67. The molecule has 1 fully saturated rings. The summed E-state index contributed by atoms with van der Waals surface area (Å²) in [6.07, 6.45) is 1.47. The fraction of sp³-hybridized carbons (Fsp3) is 0.0968. The number of fused-ring (bicyclic) bond motifs is 1. The second-order valence-electron chi connectivity index (χ2n) is 9.06. The quantitative estimate of drug-likeness (QED) is 0.285. The van der Waals surface area contributed by atoms with Crippen LogP contribution < -0.4 is 15.0 Å². The molecule has 0 unspecified atom stereocenters. The number of benzene rings is 4. The molecule has 0 radical (unpaired) electrons. The van der Waals surface area contributed by atoms with Gasteiger partial charge in [0.2, 0.25) is 0 Å². The molecule has 4 amide bonds. The van der Waals surface area contributed by atoms with E-state index in [1.54, 1.807) is 30.3 Å². The highest BCUT2D eigenvalue weighted by atomic mass is 16.5. The second-order valence-corrected chi connectivity index (χ2v) is 9.06. The first-order chi connectivity index (χ1) is 18.4. The number of nitriles is 1. The zero-order valence-electron chi connectivity index (χ0n) is 20.8. The lowest BCUT2D eigenvalue weighted by molar-refractivity contribution is -0.122. The van der Waals surface area contributed by atoms with Crippen LogP contribution >= 0.6 is 0 Å². The van der Waals surface area contributed by atoms with E-state index in [4.69, 9.17) is 4.74 Å². The molecular formula is C31H23N3O4. The normalized spacial score (nSPS) is 14.5. The van der Waals surface area contributed by atoms with Crippen LogP contribution in [0.1, 0.15) is 27.8 Å². The van der Waals surface area contributed by atoms with E-state index in [1.165, 1.54) is 6.08 Å². The van der Waals surface area contributed by atoms with Crippen molar-refractivity contribution in [2.75, 3.05) is 4.90 Å². The van der Waals surface area contributed by atoms with Crippen molar-refractivity contribution in [3.05, 3.63) is 112 Å². The molecule has 0 bridgehead atoms. The Morgan fingerprint density at radius 2 is 1.63 bits per heavy atom. The average molecular weight is 502 g/mol. The Labute approximate surface area is 219 Å². The van der Waals surface area contributed by atoms with Gasteiger partial charge in [0.15, 0.2) is 0 Å². The number of nitrogens with one attached hydrogen (secondary N) is 1. The molecule has 0 saturated carbocycles. The number of urea groups is 1. The monoisotopic (exact) mass is 501 g/mol. The van der Waals surface area contributed by atoms with Crippen LogP contribution in [0, 0.1) is 25.2 Å². The lowest BCUT2D eigenvalue weighted by Crippen LogP contribution is -2.54. The second kappa shape index (κ2) is 10.0. The molecule has 186 valence electrons. The number of ether oxygens (including phenoxy) is 1. The SMILES string of the molecule is Cc1cc(C)cc(N2C(=O)NC(=O)/C(=C\c3c(OCc4ccccc4C#N)ccc4ccccc34)C2=O)c1. The number of anilines is 1. The molecule has 0 spiro atoms. The Hall–Kier alpha value is -5.22. The van der Waals surface area contributed by atoms with Gasteiger partial charge in [0.25, 0.3) is 11.8 Å². The van der Waals surface area contributed by atoms with Crippen molar-refractivity contribution in [2.24, 2.45) is 0 Å². The van der Waals surface area contributed by atoms with Gasteiger partial charge in [-0.05, 0) is 66.1 Å². The molecule has 4 aromatic carbocycles. The number of carbonyl (C=O) groups is 3. The largest absolute Gasteiger partial charge is 0.488 e. The number of hydrogen-bond donors (Lipinski definition) is 1. The Balaban J connectivity index is 1.60. The maximum Gasteiger partial charge on any atom is 0.335 e. The van der Waals surface area contributed by atoms with Crippen molar-refractivity contribution < 1.29 is 19.1 Å². The zero-order valence-corrected chi connectivity index (χ0v) is 20.8. The minimum atomic E-state index is -0.801. The lowest BCUT2D eigenvalue weighted by atomic mass is 9.99. The Morgan fingerprint density at radius 3 is 2.39 bits per heavy atom. The molecule has 5 rings (SSSR count). The summed E-state index contributed by atoms with van der Waals surface area (Å²) < 4.78 is 6.13. The van der Waals surface area contributed by atoms with Crippen LogP contribution in [-0.4, -0.2) is 17.8 Å². The first-order valence-electron chi connectivity index (χ1n) is 12.0. The summed E-state index contributed by atoms with van der Waals surface area (Å²) in [4.78, 5) is 40.2. The van der Waals surface area contributed by atoms with E-state index in [2.05, 4.69) is 11.4 Å². The number of aryl methyl sites for hydroxylation is 2. The van der Waals surface area contributed by atoms with Crippen LogP contribution in [0.2, 0.25) is 0 Å². The first kappa shape index (κ1) is 24.5. The lowest BCUT2D eigenvalue weighted by Gasteiger charge is -2.27. The van der Waals surface area contributed by atoms with E-state index in [-0.39, 0.29) is 12.2 Å². The highest BCUT2D eigenvalue weighted by Gasteiger charge is 2.37. The van der Waals surface area contributed by atoms with Crippen molar-refractivity contribution in [3.8, 4) is 11.8 Å². The van der Waals surface area contributed by atoms with Crippen LogP contribution in [0.15, 0.2) is 84.4 Å². The van der Waals surface area contributed by atoms with E-state index >= 15 is 0 Å². The van der Waals surface area contributed by atoms with Gasteiger partial charge < -0.3 is 4.74 Å². The smallest absolute Gasteiger partial charge is 0.335 e. The maximum atomic E-state index is 13.6. The Kier molecular flexibility index (Phi) is 6.46. The molecule has 1 aliphatic heterocycles. The van der Waals surface area contributed by atoms with Crippen molar-refractivity contribution in [3.63, 3.8) is 0 Å². The number of nitrogens with zero attached hydrogens (tertiary/aromatic N) is 2. The van der Waals surface area contributed by atoms with Crippen molar-refractivity contribution in [1.82, 2.24) is 5.32 Å². The summed E-state index contributed by atoms with van der Waals surface area (Å²) in [5.74, 6) is -1.08. The van der Waals surface area contributed by atoms with Gasteiger partial charge in [-0.3, -0.25) is 14.9 Å². The fourth-order valence-corrected chi connectivity index (χ4v) is 4.58. The minimum Gasteiger partial charge on any atom is -0.488 e.